The highest BCUT2D eigenvalue weighted by Crippen LogP contribution is 2.44. The molecule has 0 spiro atoms. The molecule has 2 aliphatic heterocycles. The SMILES string of the molecule is CCOC(=O)C1C(C)NC2CCC(O)C(CN3CCC4CC(OC)CCC4C3)C21. The molecule has 2 saturated heterocycles. The Morgan fingerprint density at radius 2 is 2.00 bits per heavy atom. The van der Waals surface area contributed by atoms with Gasteiger partial charge >= 0.3 is 5.97 Å². The Kier molecular flexibility index (Phi) is 6.84. The van der Waals surface area contributed by atoms with E-state index in [-0.39, 0.29) is 35.9 Å². The molecule has 6 nitrogen and oxygen atoms in total. The van der Waals surface area contributed by atoms with Gasteiger partial charge in [0.05, 0.1) is 24.7 Å². The topological polar surface area (TPSA) is 71.0 Å². The lowest BCUT2D eigenvalue weighted by molar-refractivity contribution is -0.152. The predicted molar refractivity (Wildman–Crippen MR) is 111 cm³/mol. The van der Waals surface area contributed by atoms with Gasteiger partial charge in [-0.05, 0) is 76.7 Å². The summed E-state index contributed by atoms with van der Waals surface area (Å²) in [6, 6.07) is 0.439. The van der Waals surface area contributed by atoms with Gasteiger partial charge in [-0.3, -0.25) is 4.79 Å². The van der Waals surface area contributed by atoms with E-state index in [1.54, 1.807) is 0 Å². The summed E-state index contributed by atoms with van der Waals surface area (Å²) in [4.78, 5) is 15.3. The maximum Gasteiger partial charge on any atom is 0.310 e. The summed E-state index contributed by atoms with van der Waals surface area (Å²) in [5.41, 5.74) is 0. The van der Waals surface area contributed by atoms with Crippen LogP contribution < -0.4 is 5.32 Å². The normalized spacial score (nSPS) is 45.4. The van der Waals surface area contributed by atoms with E-state index in [1.807, 2.05) is 14.0 Å². The van der Waals surface area contributed by atoms with Crippen molar-refractivity contribution in [2.75, 3.05) is 33.4 Å². The molecule has 2 heterocycles. The van der Waals surface area contributed by atoms with Gasteiger partial charge in [0.15, 0.2) is 0 Å². The Balaban J connectivity index is 1.43. The van der Waals surface area contributed by atoms with Gasteiger partial charge in [-0.1, -0.05) is 0 Å². The maximum atomic E-state index is 12.7. The number of ether oxygens (including phenoxy) is 2. The molecule has 29 heavy (non-hydrogen) atoms. The van der Waals surface area contributed by atoms with E-state index in [0.717, 1.165) is 44.3 Å². The molecule has 0 aromatic carbocycles. The number of carbonyl (C=O) groups excluding carboxylic acids is 1. The van der Waals surface area contributed by atoms with E-state index in [4.69, 9.17) is 9.47 Å². The maximum absolute atomic E-state index is 12.7. The summed E-state index contributed by atoms with van der Waals surface area (Å²) in [5, 5.41) is 14.6. The zero-order valence-corrected chi connectivity index (χ0v) is 18.4. The molecule has 2 aliphatic carbocycles. The number of hydrogen-bond acceptors (Lipinski definition) is 6. The molecule has 2 saturated carbocycles. The number of nitrogens with one attached hydrogen (secondary N) is 1. The highest BCUT2D eigenvalue weighted by molar-refractivity contribution is 5.74. The van der Waals surface area contributed by atoms with Crippen molar-refractivity contribution in [2.45, 2.75) is 76.7 Å². The molecule has 0 aromatic heterocycles. The molecule has 4 rings (SSSR count). The number of rotatable bonds is 5. The molecule has 9 unspecified atom stereocenters. The standard InChI is InChI=1S/C23H40N2O4/c1-4-29-23(27)21-14(2)24-19-7-8-20(26)18(22(19)21)13-25-10-9-15-11-17(28-3)6-5-16(15)12-25/h14-22,24,26H,4-13H2,1-3H3. The van der Waals surface area contributed by atoms with Crippen LogP contribution in [0.15, 0.2) is 0 Å². The van der Waals surface area contributed by atoms with Gasteiger partial charge in [0.2, 0.25) is 0 Å². The summed E-state index contributed by atoms with van der Waals surface area (Å²) in [5.74, 6) is 1.63. The van der Waals surface area contributed by atoms with Crippen LogP contribution in [0.3, 0.4) is 0 Å². The number of piperidine rings is 1. The Hall–Kier alpha value is -0.690. The van der Waals surface area contributed by atoms with Crippen molar-refractivity contribution in [1.82, 2.24) is 10.2 Å². The minimum absolute atomic E-state index is 0.0873. The van der Waals surface area contributed by atoms with Crippen molar-refractivity contribution < 1.29 is 19.4 Å². The lowest BCUT2D eigenvalue weighted by Gasteiger charge is -2.46. The smallest absolute Gasteiger partial charge is 0.310 e. The van der Waals surface area contributed by atoms with Crippen LogP contribution in [0.5, 0.6) is 0 Å². The molecule has 0 radical (unpaired) electrons. The quantitative estimate of drug-likeness (QED) is 0.679. The van der Waals surface area contributed by atoms with E-state index in [9.17, 15) is 9.90 Å². The number of aliphatic hydroxyl groups is 1. The Bertz CT molecular complexity index is 573. The third-order valence-electron chi connectivity index (χ3n) is 8.42. The van der Waals surface area contributed by atoms with E-state index >= 15 is 0 Å². The molecule has 6 heteroatoms. The molecular weight excluding hydrogens is 368 g/mol. The second-order valence-electron chi connectivity index (χ2n) is 9.96. The van der Waals surface area contributed by atoms with E-state index < -0.39 is 0 Å². The average Bonchev–Trinajstić information content (AvgIpc) is 3.06. The minimum Gasteiger partial charge on any atom is -0.466 e. The van der Waals surface area contributed by atoms with Crippen LogP contribution in [0, 0.1) is 29.6 Å². The van der Waals surface area contributed by atoms with Crippen LogP contribution in [0.25, 0.3) is 0 Å². The number of hydrogen-bond donors (Lipinski definition) is 2. The summed E-state index contributed by atoms with van der Waals surface area (Å²) in [6.07, 6.45) is 6.78. The van der Waals surface area contributed by atoms with Crippen LogP contribution in [0.1, 0.15) is 52.4 Å². The monoisotopic (exact) mass is 408 g/mol. The number of fused-ring (bicyclic) bond motifs is 2. The molecule has 4 fully saturated rings. The van der Waals surface area contributed by atoms with Crippen molar-refractivity contribution in [3.8, 4) is 0 Å². The third kappa shape index (κ3) is 4.36. The first-order chi connectivity index (χ1) is 14.0. The van der Waals surface area contributed by atoms with Gasteiger partial charge in [-0.25, -0.2) is 0 Å². The van der Waals surface area contributed by atoms with Crippen LogP contribution in [0.4, 0.5) is 0 Å². The molecular formula is C23H40N2O4. The highest BCUT2D eigenvalue weighted by Gasteiger charge is 2.53. The number of carbonyl (C=O) groups is 1. The second kappa shape index (κ2) is 9.21. The van der Waals surface area contributed by atoms with E-state index in [0.29, 0.717) is 18.8 Å². The van der Waals surface area contributed by atoms with E-state index in [2.05, 4.69) is 17.1 Å². The number of aliphatic hydroxyl groups excluding tert-OH is 1. The van der Waals surface area contributed by atoms with Crippen LogP contribution in [0.2, 0.25) is 0 Å². The van der Waals surface area contributed by atoms with Gasteiger partial charge in [-0.15, -0.1) is 0 Å². The molecule has 4 aliphatic rings. The highest BCUT2D eigenvalue weighted by atomic mass is 16.5. The first kappa shape index (κ1) is 21.5. The van der Waals surface area contributed by atoms with Gasteiger partial charge in [0.1, 0.15) is 0 Å². The molecule has 9 atom stereocenters. The van der Waals surface area contributed by atoms with Crippen molar-refractivity contribution in [1.29, 1.82) is 0 Å². The van der Waals surface area contributed by atoms with Gasteiger partial charge in [-0.2, -0.15) is 0 Å². The van der Waals surface area contributed by atoms with Crippen molar-refractivity contribution >= 4 is 5.97 Å². The van der Waals surface area contributed by atoms with Crippen molar-refractivity contribution in [3.05, 3.63) is 0 Å². The fourth-order valence-corrected chi connectivity index (χ4v) is 6.97. The van der Waals surface area contributed by atoms with E-state index in [1.165, 1.54) is 25.7 Å². The van der Waals surface area contributed by atoms with Gasteiger partial charge in [0.25, 0.3) is 0 Å². The first-order valence-corrected chi connectivity index (χ1v) is 11.9. The minimum atomic E-state index is -0.317. The Labute approximate surface area is 175 Å². The summed E-state index contributed by atoms with van der Waals surface area (Å²) >= 11 is 0. The lowest BCUT2D eigenvalue weighted by atomic mass is 9.68. The van der Waals surface area contributed by atoms with Gasteiger partial charge < -0.3 is 24.8 Å². The fraction of sp³-hybridized carbons (Fsp3) is 0.957. The first-order valence-electron chi connectivity index (χ1n) is 11.9. The van der Waals surface area contributed by atoms with Gasteiger partial charge in [0, 0.05) is 38.2 Å². The molecule has 2 N–H and O–H groups in total. The predicted octanol–water partition coefficient (Wildman–Crippen LogP) is 2.05. The average molecular weight is 409 g/mol. The molecule has 0 bridgehead atoms. The molecule has 166 valence electrons. The summed E-state index contributed by atoms with van der Waals surface area (Å²) in [6.45, 7) is 7.54. The number of esters is 1. The Morgan fingerprint density at radius 3 is 2.76 bits per heavy atom. The van der Waals surface area contributed by atoms with Crippen LogP contribution in [-0.2, 0) is 14.3 Å². The summed E-state index contributed by atoms with van der Waals surface area (Å²) < 4.78 is 11.0. The third-order valence-corrected chi connectivity index (χ3v) is 8.42. The molecule has 0 amide bonds. The van der Waals surface area contributed by atoms with Crippen LogP contribution >= 0.6 is 0 Å². The fourth-order valence-electron chi connectivity index (χ4n) is 6.97. The van der Waals surface area contributed by atoms with Crippen LogP contribution in [-0.4, -0.2) is 73.6 Å². The Morgan fingerprint density at radius 1 is 1.17 bits per heavy atom. The lowest BCUT2D eigenvalue weighted by Crippen LogP contribution is -2.52. The second-order valence-corrected chi connectivity index (χ2v) is 9.96. The number of methoxy groups -OCH3 is 1. The number of likely N-dealkylation sites (tertiary alicyclic amines) is 1. The zero-order valence-electron chi connectivity index (χ0n) is 18.4. The van der Waals surface area contributed by atoms with Crippen molar-refractivity contribution in [3.63, 3.8) is 0 Å². The number of nitrogens with zero attached hydrogens (tertiary/aromatic N) is 1. The van der Waals surface area contributed by atoms with Crippen molar-refractivity contribution in [2.24, 2.45) is 29.6 Å². The molecule has 0 aromatic rings. The zero-order chi connectivity index (χ0) is 20.5. The summed E-state index contributed by atoms with van der Waals surface area (Å²) in [7, 11) is 1.84. The largest absolute Gasteiger partial charge is 0.466 e.